The van der Waals surface area contributed by atoms with Crippen LogP contribution in [0.5, 0.6) is 0 Å². The van der Waals surface area contributed by atoms with Crippen molar-refractivity contribution >= 4 is 28.4 Å². The van der Waals surface area contributed by atoms with E-state index in [1.807, 2.05) is 30.3 Å². The van der Waals surface area contributed by atoms with Gasteiger partial charge < -0.3 is 9.67 Å². The van der Waals surface area contributed by atoms with Crippen molar-refractivity contribution in [1.82, 2.24) is 9.55 Å². The molecule has 0 bridgehead atoms. The number of fused-ring (bicyclic) bond motifs is 1. The van der Waals surface area contributed by atoms with Crippen LogP contribution in [-0.4, -0.2) is 26.3 Å². The molecule has 1 N–H and O–H groups in total. The lowest BCUT2D eigenvalue weighted by atomic mass is 9.85. The van der Waals surface area contributed by atoms with Gasteiger partial charge in [0.25, 0.3) is 0 Å². The van der Waals surface area contributed by atoms with E-state index >= 15 is 4.39 Å². The van der Waals surface area contributed by atoms with Crippen molar-refractivity contribution in [1.29, 1.82) is 0 Å². The SMILES string of the molecule is O=C(O)c1cn(C2CC2)c2nc(C3CCC(=Nc4ccccc4)CC3)c(F)cc2c1=O. The molecule has 2 aliphatic rings. The third kappa shape index (κ3) is 3.76. The Labute approximate surface area is 178 Å². The van der Waals surface area contributed by atoms with Gasteiger partial charge in [-0.3, -0.25) is 9.79 Å². The Bertz CT molecular complexity index is 1250. The molecule has 2 heterocycles. The molecule has 158 valence electrons. The van der Waals surface area contributed by atoms with Crippen LogP contribution < -0.4 is 5.43 Å². The first-order valence-corrected chi connectivity index (χ1v) is 10.6. The summed E-state index contributed by atoms with van der Waals surface area (Å²) in [6.07, 6.45) is 6.18. The molecule has 6 nitrogen and oxygen atoms in total. The lowest BCUT2D eigenvalue weighted by molar-refractivity contribution is 0.0695. The van der Waals surface area contributed by atoms with Crippen molar-refractivity contribution in [3.8, 4) is 0 Å². The van der Waals surface area contributed by atoms with Gasteiger partial charge >= 0.3 is 5.97 Å². The highest BCUT2D eigenvalue weighted by Crippen LogP contribution is 2.38. The number of hydrogen-bond acceptors (Lipinski definition) is 4. The molecule has 1 aromatic carbocycles. The van der Waals surface area contributed by atoms with E-state index in [0.717, 1.165) is 49.9 Å². The van der Waals surface area contributed by atoms with E-state index < -0.39 is 17.2 Å². The van der Waals surface area contributed by atoms with E-state index in [4.69, 9.17) is 4.99 Å². The number of carboxylic acid groups (broad SMARTS) is 1. The maximum atomic E-state index is 15.0. The minimum Gasteiger partial charge on any atom is -0.477 e. The second kappa shape index (κ2) is 7.72. The second-order valence-electron chi connectivity index (χ2n) is 8.33. The zero-order chi connectivity index (χ0) is 21.5. The summed E-state index contributed by atoms with van der Waals surface area (Å²) < 4.78 is 16.8. The highest BCUT2D eigenvalue weighted by molar-refractivity contribution is 5.92. The van der Waals surface area contributed by atoms with Crippen LogP contribution in [0.4, 0.5) is 10.1 Å². The topological polar surface area (TPSA) is 84.5 Å². The summed E-state index contributed by atoms with van der Waals surface area (Å²) in [5.74, 6) is -1.90. The van der Waals surface area contributed by atoms with Crippen LogP contribution >= 0.6 is 0 Å². The lowest BCUT2D eigenvalue weighted by Gasteiger charge is -2.24. The van der Waals surface area contributed by atoms with Gasteiger partial charge in [-0.15, -0.1) is 0 Å². The minimum atomic E-state index is -1.30. The minimum absolute atomic E-state index is 0.0372. The Morgan fingerprint density at radius 1 is 1.13 bits per heavy atom. The van der Waals surface area contributed by atoms with Crippen molar-refractivity contribution in [2.75, 3.05) is 0 Å². The Kier molecular flexibility index (Phi) is 4.88. The van der Waals surface area contributed by atoms with Crippen molar-refractivity contribution in [2.24, 2.45) is 4.99 Å². The van der Waals surface area contributed by atoms with Gasteiger partial charge in [0, 0.05) is 23.9 Å². The maximum Gasteiger partial charge on any atom is 0.341 e. The Hall–Kier alpha value is -3.35. The quantitative estimate of drug-likeness (QED) is 0.645. The summed E-state index contributed by atoms with van der Waals surface area (Å²) in [6, 6.07) is 11.1. The predicted octanol–water partition coefficient (Wildman–Crippen LogP) is 5.00. The summed E-state index contributed by atoms with van der Waals surface area (Å²) in [5.41, 5.74) is 1.75. The van der Waals surface area contributed by atoms with Crippen molar-refractivity contribution < 1.29 is 14.3 Å². The molecule has 0 spiro atoms. The van der Waals surface area contributed by atoms with E-state index in [2.05, 4.69) is 4.98 Å². The third-order valence-corrected chi connectivity index (χ3v) is 6.15. The number of halogens is 1. The summed E-state index contributed by atoms with van der Waals surface area (Å²) in [7, 11) is 0. The number of para-hydroxylation sites is 1. The van der Waals surface area contributed by atoms with Gasteiger partial charge in [-0.05, 0) is 56.7 Å². The van der Waals surface area contributed by atoms with Gasteiger partial charge in [0.2, 0.25) is 5.43 Å². The number of pyridine rings is 2. The van der Waals surface area contributed by atoms with Gasteiger partial charge in [-0.25, -0.2) is 14.2 Å². The number of rotatable bonds is 4. The highest BCUT2D eigenvalue weighted by atomic mass is 19.1. The molecule has 0 radical (unpaired) electrons. The molecule has 2 saturated carbocycles. The molecule has 3 aromatic rings. The molecule has 0 atom stereocenters. The van der Waals surface area contributed by atoms with E-state index in [-0.39, 0.29) is 22.9 Å². The van der Waals surface area contributed by atoms with Crippen molar-refractivity contribution in [3.63, 3.8) is 0 Å². The van der Waals surface area contributed by atoms with Gasteiger partial charge in [0.1, 0.15) is 17.0 Å². The number of nitrogens with zero attached hydrogens (tertiary/aromatic N) is 3. The van der Waals surface area contributed by atoms with Crippen LogP contribution in [0.1, 0.15) is 66.5 Å². The molecule has 0 aliphatic heterocycles. The highest BCUT2D eigenvalue weighted by Gasteiger charge is 2.30. The fraction of sp³-hybridized carbons (Fsp3) is 0.333. The summed E-state index contributed by atoms with van der Waals surface area (Å²) in [6.45, 7) is 0. The Balaban J connectivity index is 1.49. The number of benzene rings is 1. The molecule has 2 aliphatic carbocycles. The molecule has 31 heavy (non-hydrogen) atoms. The average Bonchev–Trinajstić information content (AvgIpc) is 3.60. The van der Waals surface area contributed by atoms with Crippen LogP contribution in [-0.2, 0) is 0 Å². The molecule has 0 saturated heterocycles. The fourth-order valence-electron chi connectivity index (χ4n) is 4.35. The number of carboxylic acids is 1. The molecule has 2 aromatic heterocycles. The Morgan fingerprint density at radius 3 is 2.48 bits per heavy atom. The van der Waals surface area contributed by atoms with Crippen molar-refractivity contribution in [3.05, 3.63) is 69.9 Å². The zero-order valence-corrected chi connectivity index (χ0v) is 16.9. The van der Waals surface area contributed by atoms with E-state index in [1.54, 1.807) is 4.57 Å². The zero-order valence-electron chi connectivity index (χ0n) is 16.9. The molecule has 7 heteroatoms. The number of aliphatic imine (C=N–C) groups is 1. The average molecular weight is 419 g/mol. The molecular weight excluding hydrogens is 397 g/mol. The number of hydrogen-bond donors (Lipinski definition) is 1. The first-order chi connectivity index (χ1) is 15.0. The fourth-order valence-corrected chi connectivity index (χ4v) is 4.35. The first-order valence-electron chi connectivity index (χ1n) is 10.6. The van der Waals surface area contributed by atoms with Crippen molar-refractivity contribution in [2.45, 2.75) is 50.5 Å². The van der Waals surface area contributed by atoms with E-state index in [0.29, 0.717) is 11.3 Å². The predicted molar refractivity (Wildman–Crippen MR) is 116 cm³/mol. The molecule has 0 unspecified atom stereocenters. The number of carbonyl (C=O) groups is 1. The number of aromatic carboxylic acids is 1. The summed E-state index contributed by atoms with van der Waals surface area (Å²) in [4.78, 5) is 33.4. The van der Waals surface area contributed by atoms with Crippen LogP contribution in [0.2, 0.25) is 0 Å². The first kappa shape index (κ1) is 19.6. The monoisotopic (exact) mass is 419 g/mol. The van der Waals surface area contributed by atoms with E-state index in [9.17, 15) is 14.7 Å². The molecule has 0 amide bonds. The summed E-state index contributed by atoms with van der Waals surface area (Å²) in [5, 5.41) is 9.41. The maximum absolute atomic E-state index is 15.0. The van der Waals surface area contributed by atoms with Gasteiger partial charge in [0.05, 0.1) is 16.8 Å². The number of aromatic nitrogens is 2. The van der Waals surface area contributed by atoms with Gasteiger partial charge in [-0.1, -0.05) is 18.2 Å². The lowest BCUT2D eigenvalue weighted by Crippen LogP contribution is -2.21. The smallest absolute Gasteiger partial charge is 0.341 e. The largest absolute Gasteiger partial charge is 0.477 e. The van der Waals surface area contributed by atoms with Gasteiger partial charge in [-0.2, -0.15) is 0 Å². The molecular formula is C24H22FN3O3. The van der Waals surface area contributed by atoms with Crippen LogP contribution in [0, 0.1) is 5.82 Å². The van der Waals surface area contributed by atoms with Crippen LogP contribution in [0.25, 0.3) is 11.0 Å². The van der Waals surface area contributed by atoms with Crippen LogP contribution in [0.3, 0.4) is 0 Å². The van der Waals surface area contributed by atoms with E-state index in [1.165, 1.54) is 12.3 Å². The molecule has 2 fully saturated rings. The van der Waals surface area contributed by atoms with Gasteiger partial charge in [0.15, 0.2) is 0 Å². The van der Waals surface area contributed by atoms with Crippen LogP contribution in [0.15, 0.2) is 52.4 Å². The summed E-state index contributed by atoms with van der Waals surface area (Å²) >= 11 is 0. The normalized spacial score (nSPS) is 18.9. The Morgan fingerprint density at radius 2 is 1.84 bits per heavy atom. The molecule has 5 rings (SSSR count). The third-order valence-electron chi connectivity index (χ3n) is 6.15. The second-order valence-corrected chi connectivity index (χ2v) is 8.33. The standard InChI is InChI=1S/C24H22FN3O3/c25-20-12-18-22(29)19(24(30)31)13-28(17-10-11-17)23(18)27-21(20)14-6-8-16(9-7-14)26-15-4-2-1-3-5-15/h1-5,12-14,17H,6-11H2,(H,30,31).